The number of hydrogen-bond acceptors (Lipinski definition) is 4. The van der Waals surface area contributed by atoms with Gasteiger partial charge in [0.1, 0.15) is 0 Å². The highest BCUT2D eigenvalue weighted by Gasteiger charge is 2.09. The average molecular weight is 513 g/mol. The molecule has 0 radical (unpaired) electrons. The molecule has 0 aliphatic heterocycles. The fourth-order valence-corrected chi connectivity index (χ4v) is 4.26. The second kappa shape index (κ2) is 32.1. The SMILES string of the molecule is CCCCCCCC(=O)OC(=O)CCCCCCC.CCCCCCCCCC(O)CCCCCC. The van der Waals surface area contributed by atoms with E-state index in [0.717, 1.165) is 51.4 Å². The van der Waals surface area contributed by atoms with E-state index >= 15 is 0 Å². The van der Waals surface area contributed by atoms with Crippen LogP contribution in [0.3, 0.4) is 0 Å². The molecule has 0 rings (SSSR count). The highest BCUT2D eigenvalue weighted by atomic mass is 16.6. The standard InChI is InChI=1S/C16H30O3.C16H34O/c1-3-5-7-9-11-13-15(17)19-16(18)14-12-10-8-6-4-2;1-3-5-7-9-10-11-13-15-16(17)14-12-8-6-4-2/h3-14H2,1-2H3;16-17H,3-15H2,1-2H3. The van der Waals surface area contributed by atoms with Crippen LogP contribution in [-0.4, -0.2) is 23.1 Å². The van der Waals surface area contributed by atoms with Crippen LogP contribution in [0, 0.1) is 0 Å². The van der Waals surface area contributed by atoms with E-state index in [2.05, 4.69) is 27.7 Å². The molecule has 0 aromatic rings. The second-order valence-corrected chi connectivity index (χ2v) is 10.6. The van der Waals surface area contributed by atoms with Gasteiger partial charge in [-0.1, -0.05) is 150 Å². The third-order valence-electron chi connectivity index (χ3n) is 6.73. The van der Waals surface area contributed by atoms with Crippen LogP contribution in [0.1, 0.15) is 188 Å². The van der Waals surface area contributed by atoms with Crippen molar-refractivity contribution in [3.63, 3.8) is 0 Å². The van der Waals surface area contributed by atoms with Gasteiger partial charge in [0, 0.05) is 12.8 Å². The molecule has 0 aliphatic rings. The number of carbonyl (C=O) groups excluding carboxylic acids is 2. The first-order chi connectivity index (χ1) is 17.5. The van der Waals surface area contributed by atoms with Gasteiger partial charge in [0.15, 0.2) is 0 Å². The minimum Gasteiger partial charge on any atom is -0.393 e. The summed E-state index contributed by atoms with van der Waals surface area (Å²) in [6.07, 6.45) is 28.2. The monoisotopic (exact) mass is 512 g/mol. The molecule has 0 heterocycles. The largest absolute Gasteiger partial charge is 0.393 e. The molecule has 1 N–H and O–H groups in total. The maximum Gasteiger partial charge on any atom is 0.313 e. The van der Waals surface area contributed by atoms with Crippen molar-refractivity contribution in [2.45, 2.75) is 194 Å². The third-order valence-corrected chi connectivity index (χ3v) is 6.73. The zero-order valence-electron chi connectivity index (χ0n) is 24.9. The van der Waals surface area contributed by atoms with E-state index in [1.165, 1.54) is 96.3 Å². The van der Waals surface area contributed by atoms with Gasteiger partial charge in [-0.3, -0.25) is 9.59 Å². The van der Waals surface area contributed by atoms with Gasteiger partial charge >= 0.3 is 11.9 Å². The predicted octanol–water partition coefficient (Wildman–Crippen LogP) is 10.2. The summed E-state index contributed by atoms with van der Waals surface area (Å²) in [7, 11) is 0. The summed E-state index contributed by atoms with van der Waals surface area (Å²) >= 11 is 0. The lowest BCUT2D eigenvalue weighted by Crippen LogP contribution is -2.11. The summed E-state index contributed by atoms with van der Waals surface area (Å²) < 4.78 is 4.79. The fraction of sp³-hybridized carbons (Fsp3) is 0.938. The van der Waals surface area contributed by atoms with Gasteiger partial charge in [-0.15, -0.1) is 0 Å². The third kappa shape index (κ3) is 33.1. The Hall–Kier alpha value is -0.900. The Morgan fingerprint density at radius 1 is 0.472 bits per heavy atom. The smallest absolute Gasteiger partial charge is 0.313 e. The molecule has 0 aromatic carbocycles. The van der Waals surface area contributed by atoms with Crippen molar-refractivity contribution < 1.29 is 19.4 Å². The molecule has 4 nitrogen and oxygen atoms in total. The first-order valence-electron chi connectivity index (χ1n) is 15.9. The van der Waals surface area contributed by atoms with Gasteiger partial charge in [0.05, 0.1) is 6.10 Å². The van der Waals surface area contributed by atoms with Crippen LogP contribution in [0.5, 0.6) is 0 Å². The highest BCUT2D eigenvalue weighted by Crippen LogP contribution is 2.13. The van der Waals surface area contributed by atoms with Crippen LogP contribution in [0.4, 0.5) is 0 Å². The lowest BCUT2D eigenvalue weighted by molar-refractivity contribution is -0.159. The molecule has 0 fully saturated rings. The number of rotatable bonds is 25. The Labute approximate surface area is 225 Å². The maximum atomic E-state index is 11.4. The fourth-order valence-electron chi connectivity index (χ4n) is 4.26. The normalized spacial score (nSPS) is 11.6. The number of aliphatic hydroxyl groups is 1. The van der Waals surface area contributed by atoms with E-state index < -0.39 is 0 Å². The van der Waals surface area contributed by atoms with E-state index in [0.29, 0.717) is 12.8 Å². The molecule has 0 bridgehead atoms. The van der Waals surface area contributed by atoms with Crippen molar-refractivity contribution in [3.8, 4) is 0 Å². The van der Waals surface area contributed by atoms with Gasteiger partial charge in [-0.25, -0.2) is 0 Å². The summed E-state index contributed by atoms with van der Waals surface area (Å²) in [5.74, 6) is -0.704. The van der Waals surface area contributed by atoms with Crippen LogP contribution in [0.15, 0.2) is 0 Å². The zero-order chi connectivity index (χ0) is 27.1. The Morgan fingerprint density at radius 3 is 1.11 bits per heavy atom. The predicted molar refractivity (Wildman–Crippen MR) is 155 cm³/mol. The van der Waals surface area contributed by atoms with Crippen molar-refractivity contribution in [2.75, 3.05) is 0 Å². The van der Waals surface area contributed by atoms with Crippen LogP contribution < -0.4 is 0 Å². The topological polar surface area (TPSA) is 63.6 Å². The van der Waals surface area contributed by atoms with Crippen LogP contribution in [0.2, 0.25) is 0 Å². The van der Waals surface area contributed by atoms with Gasteiger partial charge in [0.25, 0.3) is 0 Å². The molecule has 0 amide bonds. The minimum absolute atomic E-state index is 0.0255. The van der Waals surface area contributed by atoms with Crippen molar-refractivity contribution in [1.29, 1.82) is 0 Å². The summed E-state index contributed by atoms with van der Waals surface area (Å²) in [4.78, 5) is 22.8. The zero-order valence-corrected chi connectivity index (χ0v) is 24.9. The summed E-state index contributed by atoms with van der Waals surface area (Å²) in [5.41, 5.74) is 0. The Kier molecular flexibility index (Phi) is 33.2. The molecule has 0 saturated heterocycles. The Balaban J connectivity index is 0. The van der Waals surface area contributed by atoms with Crippen molar-refractivity contribution in [3.05, 3.63) is 0 Å². The Morgan fingerprint density at radius 2 is 0.750 bits per heavy atom. The number of carbonyl (C=O) groups is 2. The molecule has 0 aliphatic carbocycles. The number of aliphatic hydroxyl groups excluding tert-OH is 1. The summed E-state index contributed by atoms with van der Waals surface area (Å²) in [5, 5.41) is 9.79. The van der Waals surface area contributed by atoms with E-state index in [1.54, 1.807) is 0 Å². The molecule has 216 valence electrons. The summed E-state index contributed by atoms with van der Waals surface area (Å²) in [6.45, 7) is 8.81. The van der Waals surface area contributed by atoms with Crippen molar-refractivity contribution >= 4 is 11.9 Å². The number of esters is 2. The number of ether oxygens (including phenoxy) is 1. The van der Waals surface area contributed by atoms with Gasteiger partial charge in [-0.05, 0) is 25.7 Å². The van der Waals surface area contributed by atoms with Crippen molar-refractivity contribution in [2.24, 2.45) is 0 Å². The molecular formula is C32H64O4. The lowest BCUT2D eigenvalue weighted by Gasteiger charge is -2.09. The number of unbranched alkanes of at least 4 members (excludes halogenated alkanes) is 17. The molecule has 0 spiro atoms. The van der Waals surface area contributed by atoms with Crippen LogP contribution in [-0.2, 0) is 14.3 Å². The molecule has 36 heavy (non-hydrogen) atoms. The second-order valence-electron chi connectivity index (χ2n) is 10.6. The molecule has 0 aromatic heterocycles. The first kappa shape index (κ1) is 37.3. The molecule has 1 unspecified atom stereocenters. The van der Waals surface area contributed by atoms with Gasteiger partial charge in [-0.2, -0.15) is 0 Å². The van der Waals surface area contributed by atoms with Crippen molar-refractivity contribution in [1.82, 2.24) is 0 Å². The van der Waals surface area contributed by atoms with E-state index in [9.17, 15) is 14.7 Å². The Bertz CT molecular complexity index is 425. The summed E-state index contributed by atoms with van der Waals surface area (Å²) in [6, 6.07) is 0. The average Bonchev–Trinajstić information content (AvgIpc) is 2.86. The highest BCUT2D eigenvalue weighted by molar-refractivity contribution is 5.85. The van der Waals surface area contributed by atoms with E-state index in [-0.39, 0.29) is 18.0 Å². The molecular weight excluding hydrogens is 448 g/mol. The molecule has 4 heteroatoms. The first-order valence-corrected chi connectivity index (χ1v) is 15.9. The van der Waals surface area contributed by atoms with E-state index in [1.807, 2.05) is 0 Å². The maximum absolute atomic E-state index is 11.4. The van der Waals surface area contributed by atoms with Gasteiger partial charge in [0.2, 0.25) is 0 Å². The minimum atomic E-state index is -0.352. The lowest BCUT2D eigenvalue weighted by atomic mass is 10.0. The molecule has 1 atom stereocenters. The van der Waals surface area contributed by atoms with Crippen LogP contribution >= 0.6 is 0 Å². The van der Waals surface area contributed by atoms with E-state index in [4.69, 9.17) is 4.74 Å². The van der Waals surface area contributed by atoms with Crippen LogP contribution in [0.25, 0.3) is 0 Å². The number of hydrogen-bond donors (Lipinski definition) is 1. The quantitative estimate of drug-likeness (QED) is 0.0750. The molecule has 0 saturated carbocycles. The van der Waals surface area contributed by atoms with Gasteiger partial charge < -0.3 is 9.84 Å².